The van der Waals surface area contributed by atoms with Crippen LogP contribution < -0.4 is 16.4 Å². The van der Waals surface area contributed by atoms with Crippen LogP contribution in [-0.4, -0.2) is 50.4 Å². The third-order valence-electron chi connectivity index (χ3n) is 2.62. The molecule has 0 saturated carbocycles. The normalized spacial score (nSPS) is 12.6. The first-order chi connectivity index (χ1) is 9.42. The zero-order valence-electron chi connectivity index (χ0n) is 12.8. The van der Waals surface area contributed by atoms with E-state index in [4.69, 9.17) is 15.2 Å². The summed E-state index contributed by atoms with van der Waals surface area (Å²) in [5.74, 6) is -0.613. The lowest BCUT2D eigenvalue weighted by Crippen LogP contribution is -2.48. The van der Waals surface area contributed by atoms with E-state index in [-0.39, 0.29) is 30.8 Å². The van der Waals surface area contributed by atoms with Gasteiger partial charge < -0.3 is 25.8 Å². The summed E-state index contributed by atoms with van der Waals surface area (Å²) >= 11 is 0. The van der Waals surface area contributed by atoms with E-state index < -0.39 is 12.3 Å². The molecule has 0 rings (SSSR count). The van der Waals surface area contributed by atoms with Crippen LogP contribution in [0.1, 0.15) is 27.7 Å². The number of carbonyl (C=O) groups is 2. The largest absolute Gasteiger partial charge is 0.351 e. The molecule has 0 fully saturated rings. The fraction of sp³-hybridized carbons (Fsp3) is 0.846. The van der Waals surface area contributed by atoms with Gasteiger partial charge in [0.25, 0.3) is 0 Å². The molecule has 0 bridgehead atoms. The van der Waals surface area contributed by atoms with E-state index in [2.05, 4.69) is 10.6 Å². The Morgan fingerprint density at radius 2 is 1.65 bits per heavy atom. The SMILES string of the molecule is CCOC(CNC(=O)CNC(=O)[C@@H](N)C(C)C)OCC. The Morgan fingerprint density at radius 3 is 2.10 bits per heavy atom. The van der Waals surface area contributed by atoms with Crippen molar-refractivity contribution in [3.63, 3.8) is 0 Å². The number of rotatable bonds is 10. The van der Waals surface area contributed by atoms with E-state index in [1.807, 2.05) is 27.7 Å². The fourth-order valence-corrected chi connectivity index (χ4v) is 1.39. The molecule has 0 saturated heterocycles. The summed E-state index contributed by atoms with van der Waals surface area (Å²) in [7, 11) is 0. The lowest BCUT2D eigenvalue weighted by Gasteiger charge is -2.18. The van der Waals surface area contributed by atoms with Crippen LogP contribution in [0.5, 0.6) is 0 Å². The van der Waals surface area contributed by atoms with Crippen LogP contribution in [0.25, 0.3) is 0 Å². The van der Waals surface area contributed by atoms with Gasteiger partial charge in [-0.25, -0.2) is 0 Å². The summed E-state index contributed by atoms with van der Waals surface area (Å²) in [6.07, 6.45) is -0.470. The van der Waals surface area contributed by atoms with Gasteiger partial charge in [0.1, 0.15) is 0 Å². The minimum absolute atomic E-state index is 0.0263. The molecule has 0 aromatic rings. The highest BCUT2D eigenvalue weighted by molar-refractivity contribution is 5.87. The molecular weight excluding hydrogens is 262 g/mol. The van der Waals surface area contributed by atoms with Gasteiger partial charge in [0.15, 0.2) is 6.29 Å². The summed E-state index contributed by atoms with van der Waals surface area (Å²) in [4.78, 5) is 23.1. The van der Waals surface area contributed by atoms with Crippen molar-refractivity contribution in [1.29, 1.82) is 0 Å². The monoisotopic (exact) mass is 289 g/mol. The standard InChI is InChI=1S/C13H27N3O4/c1-5-19-11(20-6-2)8-15-10(17)7-16-13(18)12(14)9(3)4/h9,11-12H,5-8,14H2,1-4H3,(H,15,17)(H,16,18)/t12-/m0/s1. The van der Waals surface area contributed by atoms with Gasteiger partial charge in [0.05, 0.1) is 19.1 Å². The molecule has 0 aliphatic rings. The number of ether oxygens (including phenoxy) is 2. The quantitative estimate of drug-likeness (QED) is 0.475. The van der Waals surface area contributed by atoms with Gasteiger partial charge in [-0.3, -0.25) is 9.59 Å². The number of hydrogen-bond acceptors (Lipinski definition) is 5. The van der Waals surface area contributed by atoms with E-state index in [0.717, 1.165) is 0 Å². The highest BCUT2D eigenvalue weighted by Gasteiger charge is 2.17. The van der Waals surface area contributed by atoms with Crippen molar-refractivity contribution < 1.29 is 19.1 Å². The molecular formula is C13H27N3O4. The zero-order chi connectivity index (χ0) is 15.5. The first kappa shape index (κ1) is 18.8. The first-order valence-corrected chi connectivity index (χ1v) is 6.95. The topological polar surface area (TPSA) is 103 Å². The lowest BCUT2D eigenvalue weighted by atomic mass is 10.1. The van der Waals surface area contributed by atoms with E-state index >= 15 is 0 Å². The van der Waals surface area contributed by atoms with Crippen molar-refractivity contribution >= 4 is 11.8 Å². The van der Waals surface area contributed by atoms with Gasteiger partial charge in [-0.15, -0.1) is 0 Å². The van der Waals surface area contributed by atoms with Crippen molar-refractivity contribution in [2.24, 2.45) is 11.7 Å². The Labute approximate surface area is 120 Å². The van der Waals surface area contributed by atoms with Crippen molar-refractivity contribution in [1.82, 2.24) is 10.6 Å². The Hall–Kier alpha value is -1.18. The average Bonchev–Trinajstić information content (AvgIpc) is 2.41. The number of nitrogens with one attached hydrogen (secondary N) is 2. The van der Waals surface area contributed by atoms with Crippen molar-refractivity contribution in [3.05, 3.63) is 0 Å². The maximum absolute atomic E-state index is 11.6. The van der Waals surface area contributed by atoms with E-state index in [1.54, 1.807) is 0 Å². The van der Waals surface area contributed by atoms with E-state index in [9.17, 15) is 9.59 Å². The van der Waals surface area contributed by atoms with Crippen LogP contribution in [0.3, 0.4) is 0 Å². The maximum atomic E-state index is 11.6. The molecule has 7 heteroatoms. The number of hydrogen-bond donors (Lipinski definition) is 3. The second kappa shape index (κ2) is 10.6. The zero-order valence-corrected chi connectivity index (χ0v) is 12.8. The highest BCUT2D eigenvalue weighted by Crippen LogP contribution is 1.97. The van der Waals surface area contributed by atoms with Crippen molar-refractivity contribution in [3.8, 4) is 0 Å². The predicted octanol–water partition coefficient (Wildman–Crippen LogP) is -0.399. The summed E-state index contributed by atoms with van der Waals surface area (Å²) in [5.41, 5.74) is 5.66. The first-order valence-electron chi connectivity index (χ1n) is 6.95. The Kier molecular flexibility index (Phi) is 9.96. The number of nitrogens with two attached hydrogens (primary N) is 1. The predicted molar refractivity (Wildman–Crippen MR) is 75.9 cm³/mol. The summed E-state index contributed by atoms with van der Waals surface area (Å²) in [5, 5.41) is 5.13. The Bertz CT molecular complexity index is 291. The lowest BCUT2D eigenvalue weighted by molar-refractivity contribution is -0.140. The Balaban J connectivity index is 3.96. The summed E-state index contributed by atoms with van der Waals surface area (Å²) in [6, 6.07) is -0.609. The maximum Gasteiger partial charge on any atom is 0.239 e. The van der Waals surface area contributed by atoms with Gasteiger partial charge in [-0.05, 0) is 19.8 Å². The van der Waals surface area contributed by atoms with Gasteiger partial charge in [0, 0.05) is 13.2 Å². The smallest absolute Gasteiger partial charge is 0.239 e. The number of carbonyl (C=O) groups excluding carboxylic acids is 2. The second-order valence-corrected chi connectivity index (χ2v) is 4.63. The molecule has 7 nitrogen and oxygen atoms in total. The summed E-state index contributed by atoms with van der Waals surface area (Å²) in [6.45, 7) is 8.53. The van der Waals surface area contributed by atoms with Crippen LogP contribution in [0.4, 0.5) is 0 Å². The van der Waals surface area contributed by atoms with Crippen molar-refractivity contribution in [2.75, 3.05) is 26.3 Å². The number of amides is 2. The average molecular weight is 289 g/mol. The second-order valence-electron chi connectivity index (χ2n) is 4.63. The van der Waals surface area contributed by atoms with Gasteiger partial charge in [-0.1, -0.05) is 13.8 Å². The molecule has 0 aliphatic carbocycles. The third kappa shape index (κ3) is 8.08. The van der Waals surface area contributed by atoms with Gasteiger partial charge in [0.2, 0.25) is 11.8 Å². The summed E-state index contributed by atoms with van der Waals surface area (Å²) < 4.78 is 10.6. The van der Waals surface area contributed by atoms with Crippen LogP contribution in [0.2, 0.25) is 0 Å². The molecule has 0 aromatic heterocycles. The molecule has 118 valence electrons. The Morgan fingerprint density at radius 1 is 1.10 bits per heavy atom. The molecule has 0 heterocycles. The van der Waals surface area contributed by atoms with Crippen LogP contribution in [-0.2, 0) is 19.1 Å². The minimum atomic E-state index is -0.609. The molecule has 2 amide bonds. The molecule has 0 radical (unpaired) electrons. The van der Waals surface area contributed by atoms with Crippen LogP contribution >= 0.6 is 0 Å². The highest BCUT2D eigenvalue weighted by atomic mass is 16.7. The van der Waals surface area contributed by atoms with Crippen LogP contribution in [0, 0.1) is 5.92 Å². The molecule has 4 N–H and O–H groups in total. The van der Waals surface area contributed by atoms with E-state index in [1.165, 1.54) is 0 Å². The molecule has 0 unspecified atom stereocenters. The molecule has 1 atom stereocenters. The molecule has 0 aromatic carbocycles. The van der Waals surface area contributed by atoms with Crippen molar-refractivity contribution in [2.45, 2.75) is 40.0 Å². The van der Waals surface area contributed by atoms with E-state index in [0.29, 0.717) is 13.2 Å². The van der Waals surface area contributed by atoms with Gasteiger partial charge in [-0.2, -0.15) is 0 Å². The molecule has 0 spiro atoms. The minimum Gasteiger partial charge on any atom is -0.351 e. The molecule has 0 aliphatic heterocycles. The third-order valence-corrected chi connectivity index (χ3v) is 2.62. The van der Waals surface area contributed by atoms with Gasteiger partial charge >= 0.3 is 0 Å². The van der Waals surface area contributed by atoms with Crippen LogP contribution in [0.15, 0.2) is 0 Å². The fourth-order valence-electron chi connectivity index (χ4n) is 1.39. The molecule has 20 heavy (non-hydrogen) atoms.